The molecule has 0 aliphatic rings. The molecule has 1 atom stereocenters. The summed E-state index contributed by atoms with van der Waals surface area (Å²) in [6, 6.07) is 3.87. The van der Waals surface area contributed by atoms with Crippen LogP contribution in [0.1, 0.15) is 10.4 Å². The van der Waals surface area contributed by atoms with E-state index >= 15 is 0 Å². The lowest BCUT2D eigenvalue weighted by Gasteiger charge is -2.12. The Balaban J connectivity index is 3.08. The SMILES string of the molecule is COc1ccc(C(=O)C(N)CO)c(OC)c1. The lowest BCUT2D eigenvalue weighted by molar-refractivity contribution is 0.0922. The Morgan fingerprint density at radius 1 is 1.44 bits per heavy atom. The van der Waals surface area contributed by atoms with Gasteiger partial charge in [-0.05, 0) is 12.1 Å². The van der Waals surface area contributed by atoms with Gasteiger partial charge in [0.25, 0.3) is 0 Å². The molecule has 0 spiro atoms. The van der Waals surface area contributed by atoms with Gasteiger partial charge < -0.3 is 20.3 Å². The van der Waals surface area contributed by atoms with Crippen LogP contribution in [0.15, 0.2) is 18.2 Å². The van der Waals surface area contributed by atoms with Gasteiger partial charge in [-0.15, -0.1) is 0 Å². The number of hydrogen-bond donors (Lipinski definition) is 2. The van der Waals surface area contributed by atoms with Gasteiger partial charge in [-0.25, -0.2) is 0 Å². The van der Waals surface area contributed by atoms with Crippen LogP contribution in [-0.4, -0.2) is 37.8 Å². The molecule has 0 fully saturated rings. The van der Waals surface area contributed by atoms with Crippen molar-refractivity contribution < 1.29 is 19.4 Å². The molecular formula is C11H15NO4. The Labute approximate surface area is 93.8 Å². The molecule has 0 aliphatic carbocycles. The largest absolute Gasteiger partial charge is 0.497 e. The number of rotatable bonds is 5. The van der Waals surface area contributed by atoms with Crippen LogP contribution in [-0.2, 0) is 0 Å². The molecule has 5 nitrogen and oxygen atoms in total. The van der Waals surface area contributed by atoms with Gasteiger partial charge in [-0.2, -0.15) is 0 Å². The van der Waals surface area contributed by atoms with Gasteiger partial charge in [0.15, 0.2) is 5.78 Å². The molecule has 0 heterocycles. The third kappa shape index (κ3) is 2.50. The zero-order valence-corrected chi connectivity index (χ0v) is 9.27. The highest BCUT2D eigenvalue weighted by Gasteiger charge is 2.19. The monoisotopic (exact) mass is 225 g/mol. The van der Waals surface area contributed by atoms with Crippen molar-refractivity contribution in [2.75, 3.05) is 20.8 Å². The zero-order chi connectivity index (χ0) is 12.1. The predicted molar refractivity (Wildman–Crippen MR) is 58.9 cm³/mol. The van der Waals surface area contributed by atoms with Gasteiger partial charge in [-0.1, -0.05) is 0 Å². The van der Waals surface area contributed by atoms with E-state index in [1.165, 1.54) is 14.2 Å². The van der Waals surface area contributed by atoms with Crippen molar-refractivity contribution in [2.24, 2.45) is 5.73 Å². The first-order chi connectivity index (χ1) is 7.63. The summed E-state index contributed by atoms with van der Waals surface area (Å²) in [7, 11) is 2.98. The molecule has 1 unspecified atom stereocenters. The molecule has 5 heteroatoms. The molecular weight excluding hydrogens is 210 g/mol. The zero-order valence-electron chi connectivity index (χ0n) is 9.27. The van der Waals surface area contributed by atoms with E-state index in [0.29, 0.717) is 17.1 Å². The summed E-state index contributed by atoms with van der Waals surface area (Å²) in [6.45, 7) is -0.395. The van der Waals surface area contributed by atoms with E-state index in [-0.39, 0.29) is 5.78 Å². The molecule has 0 aromatic heterocycles. The molecule has 88 valence electrons. The van der Waals surface area contributed by atoms with Crippen LogP contribution in [0, 0.1) is 0 Å². The van der Waals surface area contributed by atoms with E-state index in [4.69, 9.17) is 20.3 Å². The first kappa shape index (κ1) is 12.5. The van der Waals surface area contributed by atoms with Gasteiger partial charge in [0.2, 0.25) is 0 Å². The van der Waals surface area contributed by atoms with Crippen molar-refractivity contribution in [3.05, 3.63) is 23.8 Å². The molecule has 1 aromatic rings. The minimum absolute atomic E-state index is 0.338. The molecule has 0 saturated carbocycles. The van der Waals surface area contributed by atoms with Crippen LogP contribution < -0.4 is 15.2 Å². The first-order valence-corrected chi connectivity index (χ1v) is 4.76. The van der Waals surface area contributed by atoms with Gasteiger partial charge in [0, 0.05) is 6.07 Å². The van der Waals surface area contributed by atoms with Crippen molar-refractivity contribution in [3.63, 3.8) is 0 Å². The van der Waals surface area contributed by atoms with Crippen molar-refractivity contribution in [2.45, 2.75) is 6.04 Å². The number of Topliss-reactive ketones (excluding diaryl/α,β-unsaturated/α-hetero) is 1. The van der Waals surface area contributed by atoms with Crippen LogP contribution in [0.2, 0.25) is 0 Å². The van der Waals surface area contributed by atoms with E-state index in [1.807, 2.05) is 0 Å². The summed E-state index contributed by atoms with van der Waals surface area (Å²) in [5.74, 6) is 0.612. The highest BCUT2D eigenvalue weighted by atomic mass is 16.5. The Bertz CT molecular complexity index is 378. The fourth-order valence-corrected chi connectivity index (χ4v) is 1.28. The molecule has 0 radical (unpaired) electrons. The maximum Gasteiger partial charge on any atom is 0.185 e. The molecule has 0 bridgehead atoms. The van der Waals surface area contributed by atoms with Crippen LogP contribution >= 0.6 is 0 Å². The molecule has 0 saturated heterocycles. The number of methoxy groups -OCH3 is 2. The fraction of sp³-hybridized carbons (Fsp3) is 0.364. The summed E-state index contributed by atoms with van der Waals surface area (Å²) in [5.41, 5.74) is 5.79. The number of ether oxygens (including phenoxy) is 2. The van der Waals surface area contributed by atoms with Crippen LogP contribution in [0.4, 0.5) is 0 Å². The Morgan fingerprint density at radius 2 is 2.12 bits per heavy atom. The van der Waals surface area contributed by atoms with E-state index in [0.717, 1.165) is 0 Å². The number of benzene rings is 1. The van der Waals surface area contributed by atoms with Crippen LogP contribution in [0.25, 0.3) is 0 Å². The maximum atomic E-state index is 11.7. The molecule has 0 aliphatic heterocycles. The smallest absolute Gasteiger partial charge is 0.185 e. The summed E-state index contributed by atoms with van der Waals surface area (Å²) in [5, 5.41) is 8.82. The number of hydrogen-bond acceptors (Lipinski definition) is 5. The third-order valence-corrected chi connectivity index (χ3v) is 2.21. The van der Waals surface area contributed by atoms with E-state index < -0.39 is 12.6 Å². The molecule has 1 aromatic carbocycles. The second-order valence-electron chi connectivity index (χ2n) is 3.22. The second-order valence-corrected chi connectivity index (χ2v) is 3.22. The van der Waals surface area contributed by atoms with E-state index in [1.54, 1.807) is 18.2 Å². The number of ketones is 1. The molecule has 16 heavy (non-hydrogen) atoms. The number of nitrogens with two attached hydrogens (primary N) is 1. The van der Waals surface area contributed by atoms with Crippen molar-refractivity contribution >= 4 is 5.78 Å². The molecule has 1 rings (SSSR count). The highest BCUT2D eigenvalue weighted by Crippen LogP contribution is 2.25. The lowest BCUT2D eigenvalue weighted by Crippen LogP contribution is -2.34. The van der Waals surface area contributed by atoms with Gasteiger partial charge in [-0.3, -0.25) is 4.79 Å². The van der Waals surface area contributed by atoms with Crippen LogP contribution in [0.5, 0.6) is 11.5 Å². The van der Waals surface area contributed by atoms with E-state index in [9.17, 15) is 4.79 Å². The van der Waals surface area contributed by atoms with Crippen molar-refractivity contribution in [1.29, 1.82) is 0 Å². The number of aliphatic hydroxyl groups is 1. The fourth-order valence-electron chi connectivity index (χ4n) is 1.28. The normalized spacial score (nSPS) is 12.0. The maximum absolute atomic E-state index is 11.7. The predicted octanol–water partition coefficient (Wildman–Crippen LogP) is 0.206. The number of aliphatic hydroxyl groups excluding tert-OH is 1. The van der Waals surface area contributed by atoms with Gasteiger partial charge in [0.1, 0.15) is 11.5 Å². The van der Waals surface area contributed by atoms with Gasteiger partial charge >= 0.3 is 0 Å². The topological polar surface area (TPSA) is 81.8 Å². The summed E-state index contributed by atoms with van der Waals surface area (Å²) >= 11 is 0. The first-order valence-electron chi connectivity index (χ1n) is 4.76. The average molecular weight is 225 g/mol. The van der Waals surface area contributed by atoms with E-state index in [2.05, 4.69) is 0 Å². The standard InChI is InChI=1S/C11H15NO4/c1-15-7-3-4-8(10(5-7)16-2)11(14)9(12)6-13/h3-5,9,13H,6,12H2,1-2H3. The average Bonchev–Trinajstić information content (AvgIpc) is 2.35. The molecule has 3 N–H and O–H groups in total. The Kier molecular flexibility index (Phi) is 4.28. The summed E-state index contributed by atoms with van der Waals surface area (Å²) < 4.78 is 10.1. The number of carbonyl (C=O) groups is 1. The summed E-state index contributed by atoms with van der Waals surface area (Å²) in [4.78, 5) is 11.7. The summed E-state index contributed by atoms with van der Waals surface area (Å²) in [6.07, 6.45) is 0. The number of carbonyl (C=O) groups excluding carboxylic acids is 1. The Morgan fingerprint density at radius 3 is 2.62 bits per heavy atom. The van der Waals surface area contributed by atoms with Crippen molar-refractivity contribution in [3.8, 4) is 11.5 Å². The molecule has 0 amide bonds. The Hall–Kier alpha value is -1.59. The van der Waals surface area contributed by atoms with Gasteiger partial charge in [0.05, 0.1) is 32.4 Å². The van der Waals surface area contributed by atoms with Crippen LogP contribution in [0.3, 0.4) is 0 Å². The third-order valence-electron chi connectivity index (χ3n) is 2.21. The second kappa shape index (κ2) is 5.48. The minimum atomic E-state index is -0.928. The lowest BCUT2D eigenvalue weighted by atomic mass is 10.0. The quantitative estimate of drug-likeness (QED) is 0.700. The minimum Gasteiger partial charge on any atom is -0.497 e. The van der Waals surface area contributed by atoms with Crippen molar-refractivity contribution in [1.82, 2.24) is 0 Å². The highest BCUT2D eigenvalue weighted by molar-refractivity contribution is 6.02.